The molecule has 2 aromatic rings. The Bertz CT molecular complexity index is 953. The van der Waals surface area contributed by atoms with Crippen molar-refractivity contribution in [2.24, 2.45) is 28.5 Å². The van der Waals surface area contributed by atoms with E-state index in [0.717, 1.165) is 31.4 Å². The maximum atomic E-state index is 12.5. The van der Waals surface area contributed by atoms with Crippen LogP contribution < -0.4 is 21.9 Å². The topological polar surface area (TPSA) is 115 Å². The fraction of sp³-hybridized carbons (Fsp3) is 0.412. The lowest BCUT2D eigenvalue weighted by atomic mass is 9.87. The number of nitrogens with zero attached hydrogens (tertiary/aromatic N) is 5. The van der Waals surface area contributed by atoms with E-state index in [4.69, 9.17) is 11.5 Å². The molecule has 1 spiro atoms. The van der Waals surface area contributed by atoms with Crippen LogP contribution in [0.3, 0.4) is 0 Å². The van der Waals surface area contributed by atoms with Crippen molar-refractivity contribution in [2.75, 3.05) is 4.90 Å². The largest absolute Gasteiger partial charge is 0.369 e. The van der Waals surface area contributed by atoms with Gasteiger partial charge in [0.05, 0.1) is 17.2 Å². The Hall–Kier alpha value is -2.90. The van der Waals surface area contributed by atoms with Crippen molar-refractivity contribution in [1.82, 2.24) is 9.55 Å². The molecule has 0 amide bonds. The summed E-state index contributed by atoms with van der Waals surface area (Å²) in [5, 5.41) is 0.545. The van der Waals surface area contributed by atoms with Crippen molar-refractivity contribution in [2.45, 2.75) is 37.8 Å². The SMILES string of the molecule is Cn1cnc2ccc(N3C(N)=NC(N)=NC34CCCCC4)cc2c1=O. The summed E-state index contributed by atoms with van der Waals surface area (Å²) in [5.74, 6) is 0.531. The molecule has 1 saturated carbocycles. The molecule has 0 atom stereocenters. The zero-order valence-electron chi connectivity index (χ0n) is 14.1. The van der Waals surface area contributed by atoms with Crippen LogP contribution in [-0.4, -0.2) is 27.1 Å². The van der Waals surface area contributed by atoms with Gasteiger partial charge in [-0.2, -0.15) is 4.99 Å². The van der Waals surface area contributed by atoms with Crippen LogP contribution in [0.1, 0.15) is 32.1 Å². The van der Waals surface area contributed by atoms with Gasteiger partial charge in [0.2, 0.25) is 11.9 Å². The minimum atomic E-state index is -0.519. The summed E-state index contributed by atoms with van der Waals surface area (Å²) >= 11 is 0. The van der Waals surface area contributed by atoms with E-state index in [1.54, 1.807) is 7.05 Å². The molecule has 0 radical (unpaired) electrons. The third-order valence-electron chi connectivity index (χ3n) is 5.01. The lowest BCUT2D eigenvalue weighted by molar-refractivity contribution is 0.305. The van der Waals surface area contributed by atoms with Crippen LogP contribution in [0.25, 0.3) is 10.9 Å². The van der Waals surface area contributed by atoms with E-state index in [9.17, 15) is 4.79 Å². The Morgan fingerprint density at radius 2 is 1.92 bits per heavy atom. The van der Waals surface area contributed by atoms with Gasteiger partial charge in [0.15, 0.2) is 0 Å². The maximum absolute atomic E-state index is 12.5. The van der Waals surface area contributed by atoms with E-state index >= 15 is 0 Å². The minimum absolute atomic E-state index is 0.0971. The summed E-state index contributed by atoms with van der Waals surface area (Å²) in [6.07, 6.45) is 6.51. The van der Waals surface area contributed by atoms with Gasteiger partial charge in [-0.1, -0.05) is 6.42 Å². The molecule has 4 rings (SSSR count). The Morgan fingerprint density at radius 3 is 2.68 bits per heavy atom. The summed E-state index contributed by atoms with van der Waals surface area (Å²) in [5.41, 5.74) is 13.0. The molecule has 1 aromatic carbocycles. The number of anilines is 1. The third-order valence-corrected chi connectivity index (χ3v) is 5.01. The highest BCUT2D eigenvalue weighted by Gasteiger charge is 2.42. The minimum Gasteiger partial charge on any atom is -0.369 e. The van der Waals surface area contributed by atoms with Crippen molar-refractivity contribution in [3.8, 4) is 0 Å². The average molecular weight is 339 g/mol. The first kappa shape index (κ1) is 15.6. The first-order valence-corrected chi connectivity index (χ1v) is 8.45. The number of fused-ring (bicyclic) bond motifs is 1. The molecule has 4 N–H and O–H groups in total. The van der Waals surface area contributed by atoms with Gasteiger partial charge in [0.1, 0.15) is 5.66 Å². The van der Waals surface area contributed by atoms with Crippen LogP contribution in [-0.2, 0) is 7.05 Å². The van der Waals surface area contributed by atoms with Crippen LogP contribution in [0.15, 0.2) is 39.3 Å². The van der Waals surface area contributed by atoms with Crippen molar-refractivity contribution in [1.29, 1.82) is 0 Å². The van der Waals surface area contributed by atoms with Gasteiger partial charge in [-0.3, -0.25) is 9.69 Å². The number of guanidine groups is 2. The molecule has 8 nitrogen and oxygen atoms in total. The van der Waals surface area contributed by atoms with Gasteiger partial charge in [0.25, 0.3) is 5.56 Å². The number of aliphatic imine (C=N–C) groups is 2. The second-order valence-electron chi connectivity index (χ2n) is 6.68. The summed E-state index contributed by atoms with van der Waals surface area (Å²) in [7, 11) is 1.69. The molecule has 1 aromatic heterocycles. The zero-order chi connectivity index (χ0) is 17.6. The van der Waals surface area contributed by atoms with E-state index < -0.39 is 5.66 Å². The van der Waals surface area contributed by atoms with Gasteiger partial charge in [-0.15, -0.1) is 0 Å². The summed E-state index contributed by atoms with van der Waals surface area (Å²) in [4.78, 5) is 27.5. The zero-order valence-corrected chi connectivity index (χ0v) is 14.1. The quantitative estimate of drug-likeness (QED) is 0.805. The lowest BCUT2D eigenvalue weighted by Crippen LogP contribution is -2.58. The summed E-state index contributed by atoms with van der Waals surface area (Å²) < 4.78 is 1.46. The highest BCUT2D eigenvalue weighted by Crippen LogP contribution is 2.39. The van der Waals surface area contributed by atoms with Crippen molar-refractivity contribution in [3.05, 3.63) is 34.9 Å². The molecule has 1 aliphatic carbocycles. The Balaban J connectivity index is 1.89. The molecule has 2 aliphatic rings. The fourth-order valence-corrected chi connectivity index (χ4v) is 3.83. The molecule has 2 heterocycles. The number of aromatic nitrogens is 2. The van der Waals surface area contributed by atoms with Gasteiger partial charge in [-0.25, -0.2) is 9.98 Å². The fourth-order valence-electron chi connectivity index (χ4n) is 3.83. The normalized spacial score (nSPS) is 19.8. The van der Waals surface area contributed by atoms with Crippen molar-refractivity contribution in [3.63, 3.8) is 0 Å². The van der Waals surface area contributed by atoms with E-state index in [2.05, 4.69) is 15.0 Å². The first-order chi connectivity index (χ1) is 12.0. The lowest BCUT2D eigenvalue weighted by Gasteiger charge is -2.45. The monoisotopic (exact) mass is 339 g/mol. The Morgan fingerprint density at radius 1 is 1.16 bits per heavy atom. The molecule has 1 aliphatic heterocycles. The molecular weight excluding hydrogens is 318 g/mol. The number of nitrogens with two attached hydrogens (primary N) is 2. The van der Waals surface area contributed by atoms with E-state index in [0.29, 0.717) is 16.9 Å². The molecule has 0 unspecified atom stereocenters. The molecule has 130 valence electrons. The van der Waals surface area contributed by atoms with E-state index in [1.807, 2.05) is 23.1 Å². The molecule has 25 heavy (non-hydrogen) atoms. The predicted octanol–water partition coefficient (Wildman–Crippen LogP) is 1.04. The molecule has 0 bridgehead atoms. The second kappa shape index (κ2) is 5.58. The van der Waals surface area contributed by atoms with Crippen LogP contribution in [0, 0.1) is 0 Å². The third kappa shape index (κ3) is 2.45. The molecule has 8 heteroatoms. The Labute approximate surface area is 144 Å². The van der Waals surface area contributed by atoms with Crippen molar-refractivity contribution >= 4 is 28.5 Å². The molecule has 1 fully saturated rings. The maximum Gasteiger partial charge on any atom is 0.260 e. The van der Waals surface area contributed by atoms with Gasteiger partial charge < -0.3 is 16.0 Å². The standard InChI is InChI=1S/C17H21N7O/c1-23-10-20-13-6-5-11(9-12(13)14(23)25)24-16(19)21-15(18)22-17(24)7-3-2-4-8-17/h5-6,9-10H,2-4,7-8H2,1H3,(H4,18,19,21,22). The molecular formula is C17H21N7O. The number of rotatable bonds is 1. The van der Waals surface area contributed by atoms with E-state index in [-0.39, 0.29) is 11.5 Å². The summed E-state index contributed by atoms with van der Waals surface area (Å²) in [6, 6.07) is 5.56. The number of hydrogen-bond acceptors (Lipinski definition) is 7. The van der Waals surface area contributed by atoms with Crippen molar-refractivity contribution < 1.29 is 0 Å². The Kier molecular flexibility index (Phi) is 3.48. The summed E-state index contributed by atoms with van der Waals surface area (Å²) in [6.45, 7) is 0. The second-order valence-corrected chi connectivity index (χ2v) is 6.68. The van der Waals surface area contributed by atoms with Crippen LogP contribution in [0.5, 0.6) is 0 Å². The number of aryl methyl sites for hydroxylation is 1. The highest BCUT2D eigenvalue weighted by molar-refractivity contribution is 6.06. The van der Waals surface area contributed by atoms with Gasteiger partial charge >= 0.3 is 0 Å². The van der Waals surface area contributed by atoms with Crippen LogP contribution >= 0.6 is 0 Å². The predicted molar refractivity (Wildman–Crippen MR) is 98.5 cm³/mol. The van der Waals surface area contributed by atoms with Gasteiger partial charge in [0, 0.05) is 12.7 Å². The van der Waals surface area contributed by atoms with Crippen LogP contribution in [0.4, 0.5) is 5.69 Å². The smallest absolute Gasteiger partial charge is 0.260 e. The average Bonchev–Trinajstić information content (AvgIpc) is 2.58. The van der Waals surface area contributed by atoms with Crippen LogP contribution in [0.2, 0.25) is 0 Å². The van der Waals surface area contributed by atoms with E-state index in [1.165, 1.54) is 17.3 Å². The first-order valence-electron chi connectivity index (χ1n) is 8.45. The number of benzene rings is 1. The highest BCUT2D eigenvalue weighted by atomic mass is 16.1. The number of hydrogen-bond donors (Lipinski definition) is 2. The molecule has 0 saturated heterocycles. The van der Waals surface area contributed by atoms with Gasteiger partial charge in [-0.05, 0) is 43.9 Å².